The molecule has 0 aromatic rings. The minimum absolute atomic E-state index is 0.0499. The molecule has 2 saturated carbocycles. The van der Waals surface area contributed by atoms with E-state index in [1.165, 1.54) is 0 Å². The molecule has 2 rings (SSSR count). The largest absolute Gasteiger partial charge is 0.299 e. The molecule has 2 nitrogen and oxygen atoms in total. The van der Waals surface area contributed by atoms with Crippen LogP contribution < -0.4 is 0 Å². The topological polar surface area (TPSA) is 34.1 Å². The summed E-state index contributed by atoms with van der Waals surface area (Å²) in [5, 5.41) is 0. The Morgan fingerprint density at radius 1 is 1.31 bits per heavy atom. The number of carbonyl (C=O) groups is 2. The fourth-order valence-corrected chi connectivity index (χ4v) is 1.74. The molecule has 0 heterocycles. The molecule has 72 valence electrons. The molecular weight excluding hydrogens is 188 g/mol. The molecule has 0 radical (unpaired) electrons. The Hall–Kier alpha value is -0.370. The molecule has 0 aliphatic heterocycles. The number of carbonyl (C=O) groups excluding carboxylic acids is 2. The van der Waals surface area contributed by atoms with Crippen LogP contribution in [-0.2, 0) is 9.59 Å². The van der Waals surface area contributed by atoms with Crippen LogP contribution in [-0.4, -0.2) is 16.4 Å². The second-order valence-electron chi connectivity index (χ2n) is 4.16. The predicted octanol–water partition coefficient (Wildman–Crippen LogP) is 2.09. The lowest BCUT2D eigenvalue weighted by molar-refractivity contribution is -0.131. The highest BCUT2D eigenvalue weighted by molar-refractivity contribution is 6.38. The van der Waals surface area contributed by atoms with Crippen molar-refractivity contribution in [3.63, 3.8) is 0 Å². The van der Waals surface area contributed by atoms with Crippen molar-refractivity contribution in [1.82, 2.24) is 0 Å². The summed E-state index contributed by atoms with van der Waals surface area (Å²) < 4.78 is 0. The van der Waals surface area contributed by atoms with Gasteiger partial charge in [0.1, 0.15) is 10.7 Å². The quantitative estimate of drug-likeness (QED) is 0.515. The van der Waals surface area contributed by atoms with Gasteiger partial charge in [-0.1, -0.05) is 6.42 Å². The lowest BCUT2D eigenvalue weighted by atomic mass is 9.80. The van der Waals surface area contributed by atoms with Gasteiger partial charge in [-0.3, -0.25) is 9.59 Å². The maximum absolute atomic E-state index is 11.4. The summed E-state index contributed by atoms with van der Waals surface area (Å²) in [4.78, 5) is 22.2. The van der Waals surface area contributed by atoms with Crippen LogP contribution in [0.5, 0.6) is 0 Å². The highest BCUT2D eigenvalue weighted by atomic mass is 35.5. The van der Waals surface area contributed by atoms with E-state index in [4.69, 9.17) is 11.6 Å². The van der Waals surface area contributed by atoms with Crippen molar-refractivity contribution in [3.8, 4) is 0 Å². The van der Waals surface area contributed by atoms with Gasteiger partial charge in [0.15, 0.2) is 5.78 Å². The highest BCUT2D eigenvalue weighted by Gasteiger charge is 2.48. The van der Waals surface area contributed by atoms with E-state index in [-0.39, 0.29) is 23.9 Å². The van der Waals surface area contributed by atoms with E-state index in [0.717, 1.165) is 32.1 Å². The molecule has 13 heavy (non-hydrogen) atoms. The van der Waals surface area contributed by atoms with Gasteiger partial charge in [-0.25, -0.2) is 0 Å². The maximum atomic E-state index is 11.4. The summed E-state index contributed by atoms with van der Waals surface area (Å²) in [5.74, 6) is 0.234. The first-order valence-corrected chi connectivity index (χ1v) is 5.24. The SMILES string of the molecule is O=C(CC(=O)C1(Cl)CC1)C1CCC1. The van der Waals surface area contributed by atoms with E-state index in [0.29, 0.717) is 0 Å². The Morgan fingerprint density at radius 2 is 1.92 bits per heavy atom. The van der Waals surface area contributed by atoms with Crippen molar-refractivity contribution in [2.75, 3.05) is 0 Å². The van der Waals surface area contributed by atoms with Crippen molar-refractivity contribution in [3.05, 3.63) is 0 Å². The monoisotopic (exact) mass is 200 g/mol. The van der Waals surface area contributed by atoms with Crippen LogP contribution in [0.15, 0.2) is 0 Å². The fraction of sp³-hybridized carbons (Fsp3) is 0.800. The van der Waals surface area contributed by atoms with Crippen LogP contribution in [0, 0.1) is 5.92 Å². The molecule has 0 aromatic heterocycles. The molecular formula is C10H13ClO2. The highest BCUT2D eigenvalue weighted by Crippen LogP contribution is 2.44. The van der Waals surface area contributed by atoms with Crippen molar-refractivity contribution in [1.29, 1.82) is 0 Å². The number of rotatable bonds is 4. The van der Waals surface area contributed by atoms with Crippen LogP contribution in [0.25, 0.3) is 0 Å². The van der Waals surface area contributed by atoms with Gasteiger partial charge in [0.2, 0.25) is 0 Å². The standard InChI is InChI=1S/C10H13ClO2/c11-10(4-5-10)9(13)6-8(12)7-2-1-3-7/h7H,1-6H2. The Bertz CT molecular complexity index is 252. The summed E-state index contributed by atoms with van der Waals surface area (Å²) in [6, 6.07) is 0. The molecule has 3 heteroatoms. The Labute approximate surface area is 82.6 Å². The van der Waals surface area contributed by atoms with Gasteiger partial charge in [-0.05, 0) is 25.7 Å². The van der Waals surface area contributed by atoms with E-state index in [9.17, 15) is 9.59 Å². The second-order valence-corrected chi connectivity index (χ2v) is 4.88. The minimum atomic E-state index is -0.639. The summed E-state index contributed by atoms with van der Waals surface area (Å²) >= 11 is 5.90. The van der Waals surface area contributed by atoms with E-state index in [1.54, 1.807) is 0 Å². The first-order chi connectivity index (χ1) is 6.12. The number of ketones is 2. The van der Waals surface area contributed by atoms with Crippen LogP contribution in [0.4, 0.5) is 0 Å². The van der Waals surface area contributed by atoms with Crippen LogP contribution >= 0.6 is 11.6 Å². The molecule has 2 fully saturated rings. The number of hydrogen-bond acceptors (Lipinski definition) is 2. The van der Waals surface area contributed by atoms with Gasteiger partial charge >= 0.3 is 0 Å². The molecule has 2 aliphatic carbocycles. The summed E-state index contributed by atoms with van der Waals surface area (Å²) in [6.45, 7) is 0. The average Bonchev–Trinajstić information content (AvgIpc) is 2.64. The Morgan fingerprint density at radius 3 is 2.31 bits per heavy atom. The van der Waals surface area contributed by atoms with E-state index in [1.807, 2.05) is 0 Å². The van der Waals surface area contributed by atoms with Gasteiger partial charge < -0.3 is 0 Å². The predicted molar refractivity (Wildman–Crippen MR) is 49.8 cm³/mol. The Balaban J connectivity index is 1.83. The number of Topliss-reactive ketones (excluding diaryl/α,β-unsaturated/α-hetero) is 2. The number of alkyl halides is 1. The zero-order valence-corrected chi connectivity index (χ0v) is 8.27. The molecule has 0 atom stereocenters. The summed E-state index contributed by atoms with van der Waals surface area (Å²) in [6.07, 6.45) is 4.67. The van der Waals surface area contributed by atoms with Gasteiger partial charge in [0.05, 0.1) is 6.42 Å². The van der Waals surface area contributed by atoms with Gasteiger partial charge in [-0.15, -0.1) is 11.6 Å². The average molecular weight is 201 g/mol. The van der Waals surface area contributed by atoms with Crippen molar-refractivity contribution >= 4 is 23.2 Å². The van der Waals surface area contributed by atoms with Crippen molar-refractivity contribution < 1.29 is 9.59 Å². The van der Waals surface area contributed by atoms with E-state index < -0.39 is 4.87 Å². The first-order valence-electron chi connectivity index (χ1n) is 4.87. The molecule has 0 bridgehead atoms. The van der Waals surface area contributed by atoms with Crippen molar-refractivity contribution in [2.24, 2.45) is 5.92 Å². The lowest BCUT2D eigenvalue weighted by Crippen LogP contribution is -2.27. The first kappa shape index (κ1) is 9.20. The second kappa shape index (κ2) is 3.09. The molecule has 0 saturated heterocycles. The normalized spacial score (nSPS) is 25.0. The molecule has 2 aliphatic rings. The van der Waals surface area contributed by atoms with Crippen LogP contribution in [0.1, 0.15) is 38.5 Å². The van der Waals surface area contributed by atoms with Gasteiger partial charge in [0.25, 0.3) is 0 Å². The van der Waals surface area contributed by atoms with E-state index >= 15 is 0 Å². The zero-order valence-electron chi connectivity index (χ0n) is 7.51. The van der Waals surface area contributed by atoms with Crippen LogP contribution in [0.2, 0.25) is 0 Å². The molecule has 0 amide bonds. The maximum Gasteiger partial charge on any atom is 0.161 e. The number of hydrogen-bond donors (Lipinski definition) is 0. The van der Waals surface area contributed by atoms with Gasteiger partial charge in [-0.2, -0.15) is 0 Å². The Kier molecular flexibility index (Phi) is 2.18. The van der Waals surface area contributed by atoms with Crippen LogP contribution in [0.3, 0.4) is 0 Å². The van der Waals surface area contributed by atoms with Crippen molar-refractivity contribution in [2.45, 2.75) is 43.4 Å². The zero-order chi connectivity index (χ0) is 9.47. The summed E-state index contributed by atoms with van der Waals surface area (Å²) in [7, 11) is 0. The third-order valence-corrected chi connectivity index (χ3v) is 3.67. The molecule has 0 N–H and O–H groups in total. The van der Waals surface area contributed by atoms with Gasteiger partial charge in [0, 0.05) is 5.92 Å². The smallest absolute Gasteiger partial charge is 0.161 e. The number of halogens is 1. The van der Waals surface area contributed by atoms with E-state index in [2.05, 4.69) is 0 Å². The third kappa shape index (κ3) is 1.78. The fourth-order valence-electron chi connectivity index (χ4n) is 1.58. The third-order valence-electron chi connectivity index (χ3n) is 3.08. The summed E-state index contributed by atoms with van der Waals surface area (Å²) in [5.41, 5.74) is 0. The molecule has 0 spiro atoms. The lowest BCUT2D eigenvalue weighted by Gasteiger charge is -2.23. The molecule has 0 aromatic carbocycles. The minimum Gasteiger partial charge on any atom is -0.299 e. The molecule has 0 unspecified atom stereocenters.